The van der Waals surface area contributed by atoms with Crippen LogP contribution in [-0.4, -0.2) is 25.0 Å². The number of hydrogen-bond donors (Lipinski definition) is 4. The molecule has 8 heteroatoms. The summed E-state index contributed by atoms with van der Waals surface area (Å²) in [6, 6.07) is 0. The molecule has 0 fully saturated rings. The molecule has 24 heavy (non-hydrogen) atoms. The molecule has 142 valence electrons. The minimum Gasteiger partial charge on any atom is -0.324 e. The lowest BCUT2D eigenvalue weighted by atomic mass is 10.1. The monoisotopic (exact) mass is 382 g/mol. The number of rotatable bonds is 12. The molecule has 0 aromatic carbocycles. The predicted octanol–water partition coefficient (Wildman–Crippen LogP) is 4.70. The minimum atomic E-state index is -4.77. The van der Waals surface area contributed by atoms with Gasteiger partial charge in [0.1, 0.15) is 0 Å². The van der Waals surface area contributed by atoms with E-state index < -0.39 is 20.6 Å². The van der Waals surface area contributed by atoms with Crippen molar-refractivity contribution in [2.24, 2.45) is 0 Å². The summed E-state index contributed by atoms with van der Waals surface area (Å²) >= 11 is 0. The summed E-state index contributed by atoms with van der Waals surface area (Å²) in [4.78, 5) is 36.1. The normalized spacial score (nSPS) is 13.4. The molecule has 0 amide bonds. The molecule has 0 aromatic heterocycles. The summed E-state index contributed by atoms with van der Waals surface area (Å²) in [5.74, 6) is 0. The van der Waals surface area contributed by atoms with Crippen LogP contribution in [0, 0.1) is 0 Å². The van der Waals surface area contributed by atoms with Crippen molar-refractivity contribution < 1.29 is 28.7 Å². The third-order valence-electron chi connectivity index (χ3n) is 3.78. The Hall–Kier alpha value is -0.220. The molecule has 0 rings (SSSR count). The van der Waals surface area contributed by atoms with Crippen LogP contribution in [-0.2, 0) is 9.13 Å². The second-order valence-electron chi connectivity index (χ2n) is 6.52. The van der Waals surface area contributed by atoms with Gasteiger partial charge in [-0.05, 0) is 52.9 Å². The minimum absolute atomic E-state index is 0.147. The second-order valence-corrected chi connectivity index (χ2v) is 10.5. The van der Waals surface area contributed by atoms with Crippen molar-refractivity contribution in [3.8, 4) is 0 Å². The fourth-order valence-electron chi connectivity index (χ4n) is 2.40. The molecule has 0 heterocycles. The van der Waals surface area contributed by atoms with Gasteiger partial charge in [0.15, 0.2) is 5.40 Å². The van der Waals surface area contributed by atoms with E-state index in [-0.39, 0.29) is 6.42 Å². The van der Waals surface area contributed by atoms with Gasteiger partial charge in [0, 0.05) is 0 Å². The van der Waals surface area contributed by atoms with Crippen LogP contribution in [0.2, 0.25) is 0 Å². The molecule has 0 aliphatic carbocycles. The predicted molar refractivity (Wildman–Crippen MR) is 98.0 cm³/mol. The van der Waals surface area contributed by atoms with Crippen LogP contribution in [0.5, 0.6) is 0 Å². The SMILES string of the molecule is CC(C)=CCCC(C)=CCCCCCCC(P(=O)(O)O)P(=O)(O)O. The first kappa shape index (κ1) is 23.8. The Labute approximate surface area is 145 Å². The molecule has 0 radical (unpaired) electrons. The standard InChI is InChI=1S/C16H32O6P2/c1-14(2)10-9-12-15(3)11-7-5-4-6-8-13-16(23(17,18)19)24(20,21)22/h10-11,16H,4-9,12-13H2,1-3H3,(H2,17,18,19)(H2,20,21,22). The van der Waals surface area contributed by atoms with E-state index in [4.69, 9.17) is 19.6 Å². The molecule has 6 nitrogen and oxygen atoms in total. The highest BCUT2D eigenvalue weighted by atomic mass is 31.2. The molecular weight excluding hydrogens is 350 g/mol. The molecule has 0 aromatic rings. The Morgan fingerprint density at radius 2 is 1.38 bits per heavy atom. The number of unbranched alkanes of at least 4 members (excludes halogenated alkanes) is 4. The second kappa shape index (κ2) is 11.4. The lowest BCUT2D eigenvalue weighted by molar-refractivity contribution is 0.333. The Bertz CT molecular complexity index is 489. The van der Waals surface area contributed by atoms with E-state index in [9.17, 15) is 9.13 Å². The van der Waals surface area contributed by atoms with Gasteiger partial charge >= 0.3 is 15.2 Å². The van der Waals surface area contributed by atoms with Gasteiger partial charge in [0.25, 0.3) is 0 Å². The zero-order valence-electron chi connectivity index (χ0n) is 14.9. The van der Waals surface area contributed by atoms with Crippen molar-refractivity contribution in [1.29, 1.82) is 0 Å². The number of allylic oxidation sites excluding steroid dienone is 4. The van der Waals surface area contributed by atoms with Gasteiger partial charge in [-0.1, -0.05) is 42.6 Å². The van der Waals surface area contributed by atoms with Crippen LogP contribution < -0.4 is 0 Å². The van der Waals surface area contributed by atoms with Crippen LogP contribution in [0.1, 0.15) is 72.1 Å². The summed E-state index contributed by atoms with van der Waals surface area (Å²) in [5, 5.41) is -1.86. The Morgan fingerprint density at radius 1 is 0.833 bits per heavy atom. The summed E-state index contributed by atoms with van der Waals surface area (Å²) < 4.78 is 22.3. The number of hydrogen-bond acceptors (Lipinski definition) is 2. The summed E-state index contributed by atoms with van der Waals surface area (Å²) in [5.41, 5.74) is 2.68. The summed E-state index contributed by atoms with van der Waals surface area (Å²) in [6.07, 6.45) is 10.3. The average molecular weight is 382 g/mol. The van der Waals surface area contributed by atoms with E-state index in [0.717, 1.165) is 32.1 Å². The van der Waals surface area contributed by atoms with Crippen LogP contribution >= 0.6 is 15.2 Å². The largest absolute Gasteiger partial charge is 0.340 e. The molecule has 0 spiro atoms. The zero-order valence-corrected chi connectivity index (χ0v) is 16.7. The van der Waals surface area contributed by atoms with Crippen LogP contribution in [0.3, 0.4) is 0 Å². The van der Waals surface area contributed by atoms with Crippen molar-refractivity contribution in [3.63, 3.8) is 0 Å². The van der Waals surface area contributed by atoms with Crippen LogP contribution in [0.4, 0.5) is 0 Å². The van der Waals surface area contributed by atoms with E-state index in [2.05, 4.69) is 32.9 Å². The maximum Gasteiger partial charge on any atom is 0.340 e. The molecular formula is C16H32O6P2. The quantitative estimate of drug-likeness (QED) is 0.221. The van der Waals surface area contributed by atoms with E-state index >= 15 is 0 Å². The first-order chi connectivity index (χ1) is 10.9. The van der Waals surface area contributed by atoms with E-state index in [1.165, 1.54) is 11.1 Å². The smallest absolute Gasteiger partial charge is 0.324 e. The molecule has 0 atom stereocenters. The molecule has 0 saturated heterocycles. The molecule has 0 bridgehead atoms. The Kier molecular flexibility index (Phi) is 11.3. The van der Waals surface area contributed by atoms with E-state index in [1.807, 2.05) is 0 Å². The average Bonchev–Trinajstić information content (AvgIpc) is 2.38. The maximum atomic E-state index is 11.1. The van der Waals surface area contributed by atoms with E-state index in [0.29, 0.717) is 12.8 Å². The van der Waals surface area contributed by atoms with Crippen molar-refractivity contribution in [3.05, 3.63) is 23.3 Å². The van der Waals surface area contributed by atoms with Crippen LogP contribution in [0.25, 0.3) is 0 Å². The van der Waals surface area contributed by atoms with Crippen molar-refractivity contribution >= 4 is 15.2 Å². The fraction of sp³-hybridized carbons (Fsp3) is 0.750. The molecule has 0 unspecified atom stereocenters. The lowest BCUT2D eigenvalue weighted by Gasteiger charge is -2.19. The Balaban J connectivity index is 3.96. The van der Waals surface area contributed by atoms with Gasteiger partial charge in [-0.2, -0.15) is 0 Å². The van der Waals surface area contributed by atoms with E-state index in [1.54, 1.807) is 0 Å². The van der Waals surface area contributed by atoms with Gasteiger partial charge in [0.05, 0.1) is 0 Å². The fourth-order valence-corrected chi connectivity index (χ4v) is 5.00. The topological polar surface area (TPSA) is 115 Å². The first-order valence-corrected chi connectivity index (χ1v) is 11.7. The molecule has 0 saturated carbocycles. The zero-order chi connectivity index (χ0) is 18.8. The van der Waals surface area contributed by atoms with Gasteiger partial charge in [-0.15, -0.1) is 0 Å². The van der Waals surface area contributed by atoms with Gasteiger partial charge < -0.3 is 19.6 Å². The highest BCUT2D eigenvalue weighted by Gasteiger charge is 2.42. The van der Waals surface area contributed by atoms with Gasteiger partial charge in [-0.3, -0.25) is 9.13 Å². The third kappa shape index (κ3) is 12.2. The van der Waals surface area contributed by atoms with Crippen molar-refractivity contribution in [2.45, 2.75) is 77.5 Å². The molecule has 0 aliphatic rings. The third-order valence-corrected chi connectivity index (χ3v) is 7.65. The maximum absolute atomic E-state index is 11.1. The molecule has 4 N–H and O–H groups in total. The van der Waals surface area contributed by atoms with Gasteiger partial charge in [-0.25, -0.2) is 0 Å². The van der Waals surface area contributed by atoms with Crippen LogP contribution in [0.15, 0.2) is 23.3 Å². The highest BCUT2D eigenvalue weighted by Crippen LogP contribution is 2.61. The lowest BCUT2D eigenvalue weighted by Crippen LogP contribution is -2.09. The van der Waals surface area contributed by atoms with Gasteiger partial charge in [0.2, 0.25) is 0 Å². The first-order valence-electron chi connectivity index (χ1n) is 8.34. The van der Waals surface area contributed by atoms with Crippen molar-refractivity contribution in [1.82, 2.24) is 0 Å². The summed E-state index contributed by atoms with van der Waals surface area (Å²) in [7, 11) is -9.53. The van der Waals surface area contributed by atoms with Crippen molar-refractivity contribution in [2.75, 3.05) is 0 Å². The Morgan fingerprint density at radius 3 is 1.88 bits per heavy atom. The summed E-state index contributed by atoms with van der Waals surface area (Å²) in [6.45, 7) is 6.29. The highest BCUT2D eigenvalue weighted by molar-refractivity contribution is 7.70. The molecule has 0 aliphatic heterocycles.